The molecule has 2 aromatic rings. The summed E-state index contributed by atoms with van der Waals surface area (Å²) >= 11 is 0. The predicted molar refractivity (Wildman–Crippen MR) is 76.1 cm³/mol. The van der Waals surface area contributed by atoms with Crippen LogP contribution in [0.15, 0.2) is 42.5 Å². The first-order valence-electron chi connectivity index (χ1n) is 6.69. The molecule has 0 saturated heterocycles. The maximum absolute atomic E-state index is 13.5. The van der Waals surface area contributed by atoms with Crippen LogP contribution in [0.25, 0.3) is 0 Å². The van der Waals surface area contributed by atoms with Gasteiger partial charge >= 0.3 is 0 Å². The van der Waals surface area contributed by atoms with Crippen molar-refractivity contribution in [3.8, 4) is 5.75 Å². The van der Waals surface area contributed by atoms with Crippen LogP contribution < -0.4 is 10.1 Å². The number of nitrogens with one attached hydrogen (secondary N) is 1. The lowest BCUT2D eigenvalue weighted by Crippen LogP contribution is -2.33. The van der Waals surface area contributed by atoms with Gasteiger partial charge < -0.3 is 10.1 Å². The van der Waals surface area contributed by atoms with E-state index < -0.39 is 35.2 Å². The molecule has 2 aromatic carbocycles. The van der Waals surface area contributed by atoms with Crippen LogP contribution in [-0.4, -0.2) is 12.0 Å². The summed E-state index contributed by atoms with van der Waals surface area (Å²) in [6.45, 7) is 1.64. The van der Waals surface area contributed by atoms with Crippen molar-refractivity contribution in [3.63, 3.8) is 0 Å². The van der Waals surface area contributed by atoms with Crippen LogP contribution in [0.1, 0.15) is 13.3 Å². The Morgan fingerprint density at radius 1 is 1.05 bits per heavy atom. The maximum atomic E-state index is 13.5. The van der Waals surface area contributed by atoms with E-state index in [2.05, 4.69) is 5.32 Å². The van der Waals surface area contributed by atoms with Crippen LogP contribution in [0, 0.1) is 17.5 Å². The Labute approximate surface area is 125 Å². The van der Waals surface area contributed by atoms with Crippen molar-refractivity contribution < 1.29 is 22.7 Å². The zero-order valence-electron chi connectivity index (χ0n) is 11.8. The average molecular weight is 309 g/mol. The first-order chi connectivity index (χ1) is 10.5. The fraction of sp³-hybridized carbons (Fsp3) is 0.188. The van der Waals surface area contributed by atoms with Gasteiger partial charge in [-0.25, -0.2) is 13.2 Å². The number of anilines is 1. The third-order valence-electron chi connectivity index (χ3n) is 2.98. The fourth-order valence-electron chi connectivity index (χ4n) is 1.84. The van der Waals surface area contributed by atoms with Gasteiger partial charge in [0.15, 0.2) is 17.7 Å². The van der Waals surface area contributed by atoms with Crippen molar-refractivity contribution in [3.05, 3.63) is 59.9 Å². The topological polar surface area (TPSA) is 38.3 Å². The molecule has 22 heavy (non-hydrogen) atoms. The molecular weight excluding hydrogens is 295 g/mol. The van der Waals surface area contributed by atoms with Gasteiger partial charge in [0.2, 0.25) is 0 Å². The first kappa shape index (κ1) is 15.9. The predicted octanol–water partition coefficient (Wildman–Crippen LogP) is 3.90. The lowest BCUT2D eigenvalue weighted by Gasteiger charge is -2.18. The summed E-state index contributed by atoms with van der Waals surface area (Å²) in [6, 6.07) is 8.84. The van der Waals surface area contributed by atoms with Gasteiger partial charge in [-0.15, -0.1) is 0 Å². The number of halogens is 3. The van der Waals surface area contributed by atoms with Gasteiger partial charge in [0.05, 0.1) is 0 Å². The minimum absolute atomic E-state index is 0.0986. The molecule has 0 aromatic heterocycles. The monoisotopic (exact) mass is 309 g/mol. The maximum Gasteiger partial charge on any atom is 0.265 e. The van der Waals surface area contributed by atoms with Crippen molar-refractivity contribution in [2.45, 2.75) is 19.4 Å². The van der Waals surface area contributed by atoms with E-state index in [-0.39, 0.29) is 12.2 Å². The molecule has 0 heterocycles. The Hall–Kier alpha value is -2.50. The van der Waals surface area contributed by atoms with Gasteiger partial charge in [0.25, 0.3) is 5.91 Å². The van der Waals surface area contributed by atoms with E-state index >= 15 is 0 Å². The third kappa shape index (κ3) is 3.58. The summed E-state index contributed by atoms with van der Waals surface area (Å²) in [7, 11) is 0. The van der Waals surface area contributed by atoms with Crippen molar-refractivity contribution in [1.82, 2.24) is 0 Å². The minimum atomic E-state index is -1.07. The highest BCUT2D eigenvalue weighted by molar-refractivity contribution is 5.94. The van der Waals surface area contributed by atoms with Crippen LogP contribution in [0.4, 0.5) is 18.9 Å². The Kier molecular flexibility index (Phi) is 5.04. The number of rotatable bonds is 5. The van der Waals surface area contributed by atoms with E-state index in [1.165, 1.54) is 24.3 Å². The highest BCUT2D eigenvalue weighted by atomic mass is 19.1. The molecule has 0 spiro atoms. The molecule has 3 nitrogen and oxygen atoms in total. The molecule has 0 unspecified atom stereocenters. The van der Waals surface area contributed by atoms with E-state index in [1.54, 1.807) is 13.0 Å². The number of amides is 1. The summed E-state index contributed by atoms with van der Waals surface area (Å²) in [4.78, 5) is 12.1. The molecule has 2 rings (SSSR count). The number of para-hydroxylation sites is 2. The van der Waals surface area contributed by atoms with Crippen LogP contribution >= 0.6 is 0 Å². The Balaban J connectivity index is 2.14. The van der Waals surface area contributed by atoms with E-state index in [9.17, 15) is 18.0 Å². The number of carbonyl (C=O) groups is 1. The van der Waals surface area contributed by atoms with E-state index in [4.69, 9.17) is 4.74 Å². The fourth-order valence-corrected chi connectivity index (χ4v) is 1.84. The van der Waals surface area contributed by atoms with Crippen molar-refractivity contribution in [2.24, 2.45) is 0 Å². The smallest absolute Gasteiger partial charge is 0.265 e. The molecule has 0 saturated carbocycles. The second-order valence-corrected chi connectivity index (χ2v) is 4.53. The molecule has 0 aliphatic heterocycles. The van der Waals surface area contributed by atoms with Crippen molar-refractivity contribution >= 4 is 11.6 Å². The number of benzene rings is 2. The summed E-state index contributed by atoms with van der Waals surface area (Å²) in [5, 5.41) is 2.13. The second kappa shape index (κ2) is 6.98. The normalized spacial score (nSPS) is 11.8. The molecule has 0 fully saturated rings. The second-order valence-electron chi connectivity index (χ2n) is 4.53. The first-order valence-corrected chi connectivity index (χ1v) is 6.69. The number of carbonyl (C=O) groups excluding carboxylic acids is 1. The lowest BCUT2D eigenvalue weighted by molar-refractivity contribution is -0.123. The van der Waals surface area contributed by atoms with E-state index in [0.29, 0.717) is 0 Å². The van der Waals surface area contributed by atoms with E-state index in [1.807, 2.05) is 0 Å². The van der Waals surface area contributed by atoms with Gasteiger partial charge in [0.1, 0.15) is 17.3 Å². The Bertz CT molecular complexity index is 656. The largest absolute Gasteiger partial charge is 0.478 e. The summed E-state index contributed by atoms with van der Waals surface area (Å²) < 4.78 is 45.8. The zero-order chi connectivity index (χ0) is 16.1. The molecule has 1 atom stereocenters. The van der Waals surface area contributed by atoms with Crippen LogP contribution in [-0.2, 0) is 4.79 Å². The molecule has 0 bridgehead atoms. The molecular formula is C16H14F3NO2. The van der Waals surface area contributed by atoms with Gasteiger partial charge in [-0.1, -0.05) is 25.1 Å². The molecule has 1 N–H and O–H groups in total. The highest BCUT2D eigenvalue weighted by Gasteiger charge is 2.22. The highest BCUT2D eigenvalue weighted by Crippen LogP contribution is 2.21. The van der Waals surface area contributed by atoms with Crippen LogP contribution in [0.3, 0.4) is 0 Å². The van der Waals surface area contributed by atoms with Gasteiger partial charge in [-0.05, 0) is 30.7 Å². The van der Waals surface area contributed by atoms with Crippen molar-refractivity contribution in [2.75, 3.05) is 5.32 Å². The quantitative estimate of drug-likeness (QED) is 0.909. The van der Waals surface area contributed by atoms with Gasteiger partial charge in [0, 0.05) is 0 Å². The third-order valence-corrected chi connectivity index (χ3v) is 2.98. The lowest BCUT2D eigenvalue weighted by atomic mass is 10.2. The van der Waals surface area contributed by atoms with Gasteiger partial charge in [-0.2, -0.15) is 0 Å². The van der Waals surface area contributed by atoms with Crippen LogP contribution in [0.2, 0.25) is 0 Å². The standard InChI is InChI=1S/C16H14F3NO2/c1-2-13(22-14-9-4-3-6-10(14)17)16(21)20-15-11(18)7-5-8-12(15)19/h3-9,13H,2H2,1H3,(H,20,21)/t13-/m1/s1. The average Bonchev–Trinajstić information content (AvgIpc) is 2.50. The van der Waals surface area contributed by atoms with Gasteiger partial charge in [-0.3, -0.25) is 4.79 Å². The summed E-state index contributed by atoms with van der Waals surface area (Å²) in [5.41, 5.74) is -0.553. The number of hydrogen-bond acceptors (Lipinski definition) is 2. The minimum Gasteiger partial charge on any atom is -0.478 e. The van der Waals surface area contributed by atoms with Crippen LogP contribution in [0.5, 0.6) is 5.75 Å². The SMILES string of the molecule is CC[C@@H](Oc1ccccc1F)C(=O)Nc1c(F)cccc1F. The molecule has 116 valence electrons. The van der Waals surface area contributed by atoms with Crippen molar-refractivity contribution in [1.29, 1.82) is 0 Å². The molecule has 1 amide bonds. The molecule has 0 aliphatic carbocycles. The van der Waals surface area contributed by atoms with E-state index in [0.717, 1.165) is 12.1 Å². The number of hydrogen-bond donors (Lipinski definition) is 1. The molecule has 6 heteroatoms. The molecule has 0 radical (unpaired) electrons. The summed E-state index contributed by atoms with van der Waals surface area (Å²) in [6.07, 6.45) is -0.869. The Morgan fingerprint density at radius 3 is 2.23 bits per heavy atom. The number of ether oxygens (including phenoxy) is 1. The summed E-state index contributed by atoms with van der Waals surface area (Å²) in [5.74, 6) is -3.26. The zero-order valence-corrected chi connectivity index (χ0v) is 11.8. The Morgan fingerprint density at radius 2 is 1.64 bits per heavy atom. The molecule has 0 aliphatic rings.